The van der Waals surface area contributed by atoms with Crippen molar-refractivity contribution in [2.45, 2.75) is 11.5 Å². The van der Waals surface area contributed by atoms with Gasteiger partial charge in [0.25, 0.3) is 0 Å². The molecule has 0 saturated heterocycles. The Balaban J connectivity index is 2.61. The summed E-state index contributed by atoms with van der Waals surface area (Å²) in [5.41, 5.74) is 1.01. The zero-order chi connectivity index (χ0) is 6.69. The van der Waals surface area contributed by atoms with Gasteiger partial charge in [-0.05, 0) is 0 Å². The van der Waals surface area contributed by atoms with Crippen molar-refractivity contribution in [3.05, 3.63) is 11.9 Å². The van der Waals surface area contributed by atoms with Crippen LogP contribution in [0, 0.1) is 6.92 Å². The van der Waals surface area contributed by atoms with Crippen molar-refractivity contribution in [1.82, 2.24) is 15.0 Å². The summed E-state index contributed by atoms with van der Waals surface area (Å²) < 4.78 is 2.99. The van der Waals surface area contributed by atoms with Gasteiger partial charge in [-0.15, -0.1) is 0 Å². The molecular weight excluding hydrogens is 229 g/mol. The van der Waals surface area contributed by atoms with Gasteiger partial charge in [0.1, 0.15) is 0 Å². The van der Waals surface area contributed by atoms with Crippen molar-refractivity contribution >= 4 is 0 Å². The first-order chi connectivity index (χ1) is 4.33. The predicted octanol–water partition coefficient (Wildman–Crippen LogP) is -2.74. The first kappa shape index (κ1) is 6.98. The van der Waals surface area contributed by atoms with E-state index in [1.54, 1.807) is 0 Å². The summed E-state index contributed by atoms with van der Waals surface area (Å²) in [5, 5.41) is 7.77. The van der Waals surface area contributed by atoms with Crippen LogP contribution in [0.3, 0.4) is 0 Å². The second-order valence-electron chi connectivity index (χ2n) is 1.79. The van der Waals surface area contributed by atoms with E-state index in [0.717, 1.165) is 10.2 Å². The minimum atomic E-state index is 0.303. The second kappa shape index (κ2) is 3.14. The van der Waals surface area contributed by atoms with E-state index in [9.17, 15) is 0 Å². The predicted molar refractivity (Wildman–Crippen MR) is 30.7 cm³/mol. The Morgan fingerprint density at radius 3 is 3.00 bits per heavy atom. The third-order valence-electron chi connectivity index (χ3n) is 0.895. The molecule has 0 aromatic carbocycles. The van der Waals surface area contributed by atoms with Crippen LogP contribution in [0.1, 0.15) is 5.69 Å². The summed E-state index contributed by atoms with van der Waals surface area (Å²) in [6.45, 7) is 1.96. The zero-order valence-corrected chi connectivity index (χ0v) is 7.66. The molecule has 0 spiro atoms. The van der Waals surface area contributed by atoms with Crippen molar-refractivity contribution in [2.75, 3.05) is 4.93 Å². The number of hydrogen-bond acceptors (Lipinski definition) is 2. The number of rotatable bonds is 2. The first-order valence-electron chi connectivity index (χ1n) is 2.63. The van der Waals surface area contributed by atoms with Crippen molar-refractivity contribution in [3.63, 3.8) is 0 Å². The summed E-state index contributed by atoms with van der Waals surface area (Å²) in [5.74, 6) is 0. The Hall–Kier alpha value is -0.130. The molecule has 1 aromatic rings. The Kier molecular flexibility index (Phi) is 2.44. The van der Waals surface area contributed by atoms with Gasteiger partial charge in [0.05, 0.1) is 0 Å². The fourth-order valence-electron chi connectivity index (χ4n) is 0.576. The van der Waals surface area contributed by atoms with Crippen molar-refractivity contribution in [3.8, 4) is 0 Å². The van der Waals surface area contributed by atoms with Crippen LogP contribution in [-0.2, 0) is 4.55 Å². The third kappa shape index (κ3) is 1.92. The standard InChI is InChI=1S/C5H9IN3/c1-5-3-9(4-6-2)8-7-5/h3H,4H2,1-2H3/q-1. The Bertz CT molecular complexity index is 184. The molecule has 1 aromatic heterocycles. The SMILES string of the molecule is C[I-]Cn1cc(C)nn1. The first-order valence-corrected chi connectivity index (χ1v) is 6.32. The van der Waals surface area contributed by atoms with E-state index >= 15 is 0 Å². The molecule has 1 rings (SSSR count). The third-order valence-corrected chi connectivity index (χ3v) is 2.28. The molecular formula is C5H9IN3-. The molecule has 0 aliphatic rings. The number of nitrogens with zero attached hydrogens (tertiary/aromatic N) is 3. The van der Waals surface area contributed by atoms with E-state index in [4.69, 9.17) is 0 Å². The molecule has 0 radical (unpaired) electrons. The quantitative estimate of drug-likeness (QED) is 0.413. The second-order valence-corrected chi connectivity index (χ2v) is 3.99. The van der Waals surface area contributed by atoms with Crippen LogP contribution in [0.4, 0.5) is 0 Å². The number of alkyl halides is 2. The fourth-order valence-corrected chi connectivity index (χ4v) is 1.61. The van der Waals surface area contributed by atoms with E-state index in [1.165, 1.54) is 0 Å². The minimum absolute atomic E-state index is 0.303. The van der Waals surface area contributed by atoms with Crippen LogP contribution < -0.4 is 21.2 Å². The van der Waals surface area contributed by atoms with Crippen LogP contribution in [0.5, 0.6) is 0 Å². The Labute approximate surface area is 64.7 Å². The summed E-state index contributed by atoms with van der Waals surface area (Å²) >= 11 is 0.303. The van der Waals surface area contributed by atoms with Gasteiger partial charge in [-0.1, -0.05) is 0 Å². The fraction of sp³-hybridized carbons (Fsp3) is 0.600. The van der Waals surface area contributed by atoms with E-state index in [1.807, 2.05) is 17.8 Å². The summed E-state index contributed by atoms with van der Waals surface area (Å²) in [7, 11) is 0. The van der Waals surface area contributed by atoms with Crippen LogP contribution in [-0.4, -0.2) is 19.9 Å². The van der Waals surface area contributed by atoms with Crippen molar-refractivity contribution < 1.29 is 21.2 Å². The molecule has 1 heterocycles. The topological polar surface area (TPSA) is 30.7 Å². The molecule has 0 N–H and O–H groups in total. The summed E-state index contributed by atoms with van der Waals surface area (Å²) in [6.07, 6.45) is 1.98. The number of aryl methyl sites for hydroxylation is 1. The van der Waals surface area contributed by atoms with Crippen LogP contribution in [0.2, 0.25) is 0 Å². The summed E-state index contributed by atoms with van der Waals surface area (Å²) in [4.78, 5) is 2.23. The summed E-state index contributed by atoms with van der Waals surface area (Å²) in [6, 6.07) is 0. The zero-order valence-electron chi connectivity index (χ0n) is 5.50. The molecule has 0 bridgehead atoms. The van der Waals surface area contributed by atoms with E-state index in [-0.39, 0.29) is 0 Å². The maximum absolute atomic E-state index is 3.90. The van der Waals surface area contributed by atoms with Gasteiger partial charge in [0.2, 0.25) is 0 Å². The molecule has 0 amide bonds. The van der Waals surface area contributed by atoms with Gasteiger partial charge in [-0.2, -0.15) is 0 Å². The van der Waals surface area contributed by atoms with E-state index in [0.29, 0.717) is 21.2 Å². The molecule has 0 fully saturated rings. The Morgan fingerprint density at radius 2 is 2.56 bits per heavy atom. The van der Waals surface area contributed by atoms with Crippen LogP contribution >= 0.6 is 0 Å². The van der Waals surface area contributed by atoms with Gasteiger partial charge in [-0.3, -0.25) is 0 Å². The van der Waals surface area contributed by atoms with Gasteiger partial charge in [0, 0.05) is 0 Å². The molecule has 0 saturated carbocycles. The average Bonchev–Trinajstić information content (AvgIpc) is 2.17. The van der Waals surface area contributed by atoms with Gasteiger partial charge in [-0.25, -0.2) is 0 Å². The van der Waals surface area contributed by atoms with E-state index < -0.39 is 0 Å². The molecule has 0 aliphatic heterocycles. The number of aromatic nitrogens is 3. The van der Waals surface area contributed by atoms with Crippen molar-refractivity contribution in [1.29, 1.82) is 0 Å². The van der Waals surface area contributed by atoms with Gasteiger partial charge in [0.15, 0.2) is 0 Å². The normalized spacial score (nSPS) is 10.4. The van der Waals surface area contributed by atoms with Gasteiger partial charge < -0.3 is 0 Å². The molecule has 9 heavy (non-hydrogen) atoms. The van der Waals surface area contributed by atoms with Gasteiger partial charge >= 0.3 is 64.5 Å². The molecule has 3 nitrogen and oxygen atoms in total. The number of hydrogen-bond donors (Lipinski definition) is 0. The molecule has 52 valence electrons. The molecule has 0 aliphatic carbocycles. The average molecular weight is 238 g/mol. The molecule has 0 unspecified atom stereocenters. The molecule has 4 heteroatoms. The van der Waals surface area contributed by atoms with Crippen LogP contribution in [0.25, 0.3) is 0 Å². The van der Waals surface area contributed by atoms with E-state index in [2.05, 4.69) is 15.2 Å². The monoisotopic (exact) mass is 238 g/mol. The maximum atomic E-state index is 3.90. The van der Waals surface area contributed by atoms with Crippen LogP contribution in [0.15, 0.2) is 6.20 Å². The number of halogens is 1. The Morgan fingerprint density at radius 1 is 1.78 bits per heavy atom. The van der Waals surface area contributed by atoms with Crippen molar-refractivity contribution in [2.24, 2.45) is 0 Å². The molecule has 0 atom stereocenters.